The lowest BCUT2D eigenvalue weighted by atomic mass is 10.2. The van der Waals surface area contributed by atoms with Crippen LogP contribution in [0.1, 0.15) is 16.1 Å². The number of rotatable bonds is 9. The maximum Gasteiger partial charge on any atom is 0.280 e. The molecule has 1 heterocycles. The van der Waals surface area contributed by atoms with Crippen LogP contribution in [-0.2, 0) is 15.8 Å². The normalized spacial score (nSPS) is 11.1. The number of ether oxygens (including phenoxy) is 1. The van der Waals surface area contributed by atoms with Gasteiger partial charge in [0.25, 0.3) is 5.91 Å². The van der Waals surface area contributed by atoms with Crippen molar-refractivity contribution < 1.29 is 17.9 Å². The number of anilines is 1. The number of nitrogens with one attached hydrogen (secondary N) is 2. The number of para-hydroxylation sites is 1. The van der Waals surface area contributed by atoms with Crippen LogP contribution in [-0.4, -0.2) is 37.8 Å². The third kappa shape index (κ3) is 5.34. The third-order valence-corrected chi connectivity index (χ3v) is 5.47. The fourth-order valence-corrected chi connectivity index (χ4v) is 3.81. The maximum absolute atomic E-state index is 12.7. The largest absolute Gasteiger partial charge is 0.493 e. The van der Waals surface area contributed by atoms with Crippen LogP contribution in [0.4, 0.5) is 5.69 Å². The van der Waals surface area contributed by atoms with E-state index in [1.54, 1.807) is 35.1 Å². The molecule has 2 aromatic carbocycles. The summed E-state index contributed by atoms with van der Waals surface area (Å²) in [7, 11) is -1.98. The quantitative estimate of drug-likeness (QED) is 0.512. The van der Waals surface area contributed by atoms with Gasteiger partial charge >= 0.3 is 0 Å². The van der Waals surface area contributed by atoms with Gasteiger partial charge in [-0.05, 0) is 29.8 Å². The smallest absolute Gasteiger partial charge is 0.280 e. The molecular formula is C21H22N4O4S. The van der Waals surface area contributed by atoms with Crippen LogP contribution in [0.5, 0.6) is 5.75 Å². The van der Waals surface area contributed by atoms with E-state index in [0.29, 0.717) is 17.0 Å². The van der Waals surface area contributed by atoms with E-state index in [4.69, 9.17) is 4.74 Å². The van der Waals surface area contributed by atoms with Crippen molar-refractivity contribution in [3.8, 4) is 11.4 Å². The molecule has 0 fully saturated rings. The molecule has 0 aliphatic carbocycles. The first-order valence-electron chi connectivity index (χ1n) is 9.09. The van der Waals surface area contributed by atoms with Crippen LogP contribution < -0.4 is 14.8 Å². The van der Waals surface area contributed by atoms with Gasteiger partial charge in [0.1, 0.15) is 0 Å². The molecule has 30 heavy (non-hydrogen) atoms. The van der Waals surface area contributed by atoms with Crippen molar-refractivity contribution in [3.63, 3.8) is 0 Å². The Labute approximate surface area is 175 Å². The Morgan fingerprint density at radius 2 is 1.87 bits per heavy atom. The van der Waals surface area contributed by atoms with E-state index in [9.17, 15) is 13.2 Å². The van der Waals surface area contributed by atoms with E-state index < -0.39 is 15.9 Å². The van der Waals surface area contributed by atoms with Crippen LogP contribution in [0.3, 0.4) is 0 Å². The molecule has 8 nitrogen and oxygen atoms in total. The number of aromatic nitrogens is 2. The lowest BCUT2D eigenvalue weighted by Gasteiger charge is -2.07. The highest BCUT2D eigenvalue weighted by Crippen LogP contribution is 2.21. The summed E-state index contributed by atoms with van der Waals surface area (Å²) in [6.07, 6.45) is 3.11. The summed E-state index contributed by atoms with van der Waals surface area (Å²) < 4.78 is 33.2. The van der Waals surface area contributed by atoms with Crippen molar-refractivity contribution in [3.05, 3.63) is 84.7 Å². The molecule has 156 valence electrons. The minimum Gasteiger partial charge on any atom is -0.493 e. The van der Waals surface area contributed by atoms with Gasteiger partial charge in [-0.3, -0.25) is 4.79 Å². The second kappa shape index (κ2) is 9.38. The van der Waals surface area contributed by atoms with Gasteiger partial charge < -0.3 is 10.1 Å². The first kappa shape index (κ1) is 21.3. The maximum atomic E-state index is 12.7. The molecule has 0 atom stereocenters. The van der Waals surface area contributed by atoms with E-state index in [0.717, 1.165) is 5.69 Å². The predicted octanol–water partition coefficient (Wildman–Crippen LogP) is 2.74. The van der Waals surface area contributed by atoms with Gasteiger partial charge in [0.05, 0.1) is 24.7 Å². The summed E-state index contributed by atoms with van der Waals surface area (Å²) >= 11 is 0. The summed E-state index contributed by atoms with van der Waals surface area (Å²) in [5.41, 5.74) is 2.04. The van der Waals surface area contributed by atoms with Crippen molar-refractivity contribution in [2.75, 3.05) is 19.0 Å². The number of nitrogens with zero attached hydrogens (tertiary/aromatic N) is 2. The van der Waals surface area contributed by atoms with Gasteiger partial charge in [-0.15, -0.1) is 6.58 Å². The Balaban J connectivity index is 1.72. The second-order valence-corrected chi connectivity index (χ2v) is 8.18. The molecule has 2 N–H and O–H groups in total. The van der Waals surface area contributed by atoms with Crippen LogP contribution in [0.2, 0.25) is 0 Å². The Hall–Kier alpha value is -3.43. The molecule has 0 aliphatic rings. The molecule has 3 rings (SSSR count). The average Bonchev–Trinajstić information content (AvgIpc) is 3.19. The lowest BCUT2D eigenvalue weighted by Crippen LogP contribution is -2.25. The number of benzene rings is 2. The molecule has 9 heteroatoms. The zero-order valence-electron chi connectivity index (χ0n) is 16.4. The first-order valence-corrected chi connectivity index (χ1v) is 10.7. The summed E-state index contributed by atoms with van der Waals surface area (Å²) in [5.74, 6) is -0.258. The summed E-state index contributed by atoms with van der Waals surface area (Å²) in [5, 5.41) is 7.07. The predicted molar refractivity (Wildman–Crippen MR) is 115 cm³/mol. The standard InChI is InChI=1S/C21H22N4O4S/c1-3-13-22-30(27,28)15-16-9-11-17(12-10-16)23-21(26)20-19(29-2)14-25(24-20)18-7-5-4-6-8-18/h3-12,14,22H,1,13,15H2,2H3,(H,23,26). The van der Waals surface area contributed by atoms with Gasteiger partial charge in [-0.2, -0.15) is 5.10 Å². The highest BCUT2D eigenvalue weighted by molar-refractivity contribution is 7.88. The molecule has 0 bridgehead atoms. The van der Waals surface area contributed by atoms with Crippen molar-refractivity contribution in [2.45, 2.75) is 5.75 Å². The number of carbonyl (C=O) groups excluding carboxylic acids is 1. The molecule has 0 saturated carbocycles. The second-order valence-electron chi connectivity index (χ2n) is 6.37. The van der Waals surface area contributed by atoms with Crippen molar-refractivity contribution in [1.29, 1.82) is 0 Å². The number of sulfonamides is 1. The van der Waals surface area contributed by atoms with Crippen LogP contribution in [0.15, 0.2) is 73.4 Å². The number of hydrogen-bond acceptors (Lipinski definition) is 5. The number of hydrogen-bond donors (Lipinski definition) is 2. The number of methoxy groups -OCH3 is 1. The van der Waals surface area contributed by atoms with E-state index in [2.05, 4.69) is 21.7 Å². The molecule has 0 radical (unpaired) electrons. The molecular weight excluding hydrogens is 404 g/mol. The minimum atomic E-state index is -3.45. The van der Waals surface area contributed by atoms with Gasteiger partial charge in [-0.1, -0.05) is 36.4 Å². The van der Waals surface area contributed by atoms with E-state index >= 15 is 0 Å². The Morgan fingerprint density at radius 3 is 2.50 bits per heavy atom. The van der Waals surface area contributed by atoms with Gasteiger partial charge in [0.2, 0.25) is 10.0 Å². The molecule has 1 amide bonds. The lowest BCUT2D eigenvalue weighted by molar-refractivity contribution is 0.101. The fraction of sp³-hybridized carbons (Fsp3) is 0.143. The van der Waals surface area contributed by atoms with E-state index in [1.165, 1.54) is 13.2 Å². The molecule has 0 spiro atoms. The van der Waals surface area contributed by atoms with Crippen molar-refractivity contribution in [1.82, 2.24) is 14.5 Å². The minimum absolute atomic E-state index is 0.140. The monoisotopic (exact) mass is 426 g/mol. The SMILES string of the molecule is C=CCNS(=O)(=O)Cc1ccc(NC(=O)c2nn(-c3ccccc3)cc2OC)cc1. The van der Waals surface area contributed by atoms with Crippen LogP contribution in [0.25, 0.3) is 5.69 Å². The van der Waals surface area contributed by atoms with Gasteiger partial charge in [-0.25, -0.2) is 17.8 Å². The zero-order valence-corrected chi connectivity index (χ0v) is 17.2. The average molecular weight is 426 g/mol. The molecule has 0 saturated heterocycles. The first-order chi connectivity index (χ1) is 14.4. The molecule has 1 aromatic heterocycles. The number of carbonyl (C=O) groups is 1. The van der Waals surface area contributed by atoms with Gasteiger partial charge in [0.15, 0.2) is 11.4 Å². The van der Waals surface area contributed by atoms with Crippen molar-refractivity contribution in [2.24, 2.45) is 0 Å². The van der Waals surface area contributed by atoms with E-state index in [1.807, 2.05) is 30.3 Å². The Kier molecular flexibility index (Phi) is 6.65. The van der Waals surface area contributed by atoms with Crippen LogP contribution >= 0.6 is 0 Å². The molecule has 0 aliphatic heterocycles. The van der Waals surface area contributed by atoms with Gasteiger partial charge in [0, 0.05) is 12.2 Å². The van der Waals surface area contributed by atoms with E-state index in [-0.39, 0.29) is 18.0 Å². The molecule has 0 unspecified atom stereocenters. The zero-order chi connectivity index (χ0) is 21.6. The third-order valence-electron chi connectivity index (χ3n) is 4.15. The topological polar surface area (TPSA) is 102 Å². The highest BCUT2D eigenvalue weighted by Gasteiger charge is 2.19. The Bertz CT molecular complexity index is 1120. The fourth-order valence-electron chi connectivity index (χ4n) is 2.71. The summed E-state index contributed by atoms with van der Waals surface area (Å²) in [6.45, 7) is 3.66. The van der Waals surface area contributed by atoms with Crippen LogP contribution in [0, 0.1) is 0 Å². The van der Waals surface area contributed by atoms with Crippen molar-refractivity contribution >= 4 is 21.6 Å². The summed E-state index contributed by atoms with van der Waals surface area (Å²) in [4.78, 5) is 12.7. The Morgan fingerprint density at radius 1 is 1.17 bits per heavy atom. The summed E-state index contributed by atoms with van der Waals surface area (Å²) in [6, 6.07) is 15.9. The molecule has 3 aromatic rings. The number of amides is 1. The highest BCUT2D eigenvalue weighted by atomic mass is 32.2.